The Morgan fingerprint density at radius 3 is 2.89 bits per heavy atom. The molecule has 19 heavy (non-hydrogen) atoms. The Balaban J connectivity index is 2.23. The third-order valence-corrected chi connectivity index (χ3v) is 2.60. The Morgan fingerprint density at radius 2 is 2.21 bits per heavy atom. The minimum atomic E-state index is 0.462. The molecule has 0 aliphatic carbocycles. The molecule has 98 valence electrons. The number of methoxy groups -OCH3 is 1. The molecular weight excluding hydrogens is 242 g/mol. The number of ether oxygens (including phenoxy) is 2. The van der Waals surface area contributed by atoms with Gasteiger partial charge in [-0.3, -0.25) is 4.68 Å². The summed E-state index contributed by atoms with van der Waals surface area (Å²) < 4.78 is 12.6. The molecule has 5 heteroatoms. The fraction of sp³-hybridized carbons (Fsp3) is 0.286. The predicted molar refractivity (Wildman–Crippen MR) is 70.3 cm³/mol. The van der Waals surface area contributed by atoms with Crippen LogP contribution in [0.25, 0.3) is 0 Å². The van der Waals surface area contributed by atoms with Crippen molar-refractivity contribution in [3.8, 4) is 23.3 Å². The van der Waals surface area contributed by atoms with Crippen LogP contribution in [0.4, 0.5) is 0 Å². The second kappa shape index (κ2) is 5.91. The van der Waals surface area contributed by atoms with Crippen LogP contribution in [-0.2, 0) is 6.54 Å². The molecule has 5 nitrogen and oxygen atoms in total. The van der Waals surface area contributed by atoms with E-state index in [0.29, 0.717) is 22.8 Å². The third-order valence-electron chi connectivity index (χ3n) is 2.60. The summed E-state index contributed by atoms with van der Waals surface area (Å²) in [5.74, 6) is 1.73. The van der Waals surface area contributed by atoms with Gasteiger partial charge in [-0.1, -0.05) is 6.92 Å². The maximum Gasteiger partial charge on any atom is 0.165 e. The number of nitriles is 1. The molecule has 0 aliphatic heterocycles. The van der Waals surface area contributed by atoms with Gasteiger partial charge in [-0.25, -0.2) is 0 Å². The van der Waals surface area contributed by atoms with E-state index in [2.05, 4.69) is 18.1 Å². The van der Waals surface area contributed by atoms with Crippen LogP contribution in [-0.4, -0.2) is 16.9 Å². The van der Waals surface area contributed by atoms with Crippen LogP contribution in [0.3, 0.4) is 0 Å². The minimum absolute atomic E-state index is 0.462. The van der Waals surface area contributed by atoms with Crippen molar-refractivity contribution in [2.24, 2.45) is 0 Å². The SMILES string of the molecule is CCCn1cc(Oc2cc(OC)ccc2C#N)cn1. The van der Waals surface area contributed by atoms with Gasteiger partial charge in [0, 0.05) is 12.6 Å². The highest BCUT2D eigenvalue weighted by Crippen LogP contribution is 2.28. The smallest absolute Gasteiger partial charge is 0.165 e. The maximum atomic E-state index is 9.06. The highest BCUT2D eigenvalue weighted by Gasteiger charge is 2.08. The van der Waals surface area contributed by atoms with Gasteiger partial charge in [0.05, 0.1) is 25.1 Å². The first-order valence-corrected chi connectivity index (χ1v) is 6.05. The Hall–Kier alpha value is -2.48. The maximum absolute atomic E-state index is 9.06. The molecular formula is C14H15N3O2. The van der Waals surface area contributed by atoms with E-state index in [1.54, 1.807) is 31.5 Å². The predicted octanol–water partition coefficient (Wildman–Crippen LogP) is 2.97. The summed E-state index contributed by atoms with van der Waals surface area (Å²) in [6.07, 6.45) is 4.45. The second-order valence-electron chi connectivity index (χ2n) is 4.02. The fourth-order valence-corrected chi connectivity index (χ4v) is 1.68. The molecule has 0 unspecified atom stereocenters. The van der Waals surface area contributed by atoms with E-state index in [9.17, 15) is 0 Å². The topological polar surface area (TPSA) is 60.1 Å². The van der Waals surface area contributed by atoms with Gasteiger partial charge in [-0.15, -0.1) is 0 Å². The first kappa shape index (κ1) is 13.0. The van der Waals surface area contributed by atoms with Crippen LogP contribution >= 0.6 is 0 Å². The molecule has 0 amide bonds. The Labute approximate surface area is 112 Å². The molecule has 0 fully saturated rings. The number of hydrogen-bond acceptors (Lipinski definition) is 4. The molecule has 0 spiro atoms. The molecule has 0 bridgehead atoms. The van der Waals surface area contributed by atoms with E-state index in [-0.39, 0.29) is 0 Å². The zero-order valence-electron chi connectivity index (χ0n) is 11.0. The second-order valence-corrected chi connectivity index (χ2v) is 4.02. The lowest BCUT2D eigenvalue weighted by Crippen LogP contribution is -1.95. The van der Waals surface area contributed by atoms with Crippen LogP contribution in [0.15, 0.2) is 30.6 Å². The summed E-state index contributed by atoms with van der Waals surface area (Å²) in [6, 6.07) is 7.18. The van der Waals surface area contributed by atoms with Crippen LogP contribution in [0.2, 0.25) is 0 Å². The summed E-state index contributed by atoms with van der Waals surface area (Å²) in [4.78, 5) is 0. The third kappa shape index (κ3) is 3.05. The minimum Gasteiger partial charge on any atom is -0.497 e. The van der Waals surface area contributed by atoms with E-state index in [0.717, 1.165) is 13.0 Å². The van der Waals surface area contributed by atoms with Gasteiger partial charge in [0.15, 0.2) is 5.75 Å². The number of rotatable bonds is 5. The van der Waals surface area contributed by atoms with Crippen molar-refractivity contribution < 1.29 is 9.47 Å². The summed E-state index contributed by atoms with van der Waals surface area (Å²) in [6.45, 7) is 2.92. The van der Waals surface area contributed by atoms with Crippen LogP contribution in [0.5, 0.6) is 17.2 Å². The number of aromatic nitrogens is 2. The van der Waals surface area contributed by atoms with E-state index in [4.69, 9.17) is 14.7 Å². The quantitative estimate of drug-likeness (QED) is 0.826. The van der Waals surface area contributed by atoms with Gasteiger partial charge < -0.3 is 9.47 Å². The molecule has 2 rings (SSSR count). The Kier molecular flexibility index (Phi) is 4.04. The number of benzene rings is 1. The van der Waals surface area contributed by atoms with Crippen molar-refractivity contribution in [2.75, 3.05) is 7.11 Å². The molecule has 0 aliphatic rings. The van der Waals surface area contributed by atoms with Gasteiger partial charge in [0.2, 0.25) is 0 Å². The number of aryl methyl sites for hydroxylation is 1. The summed E-state index contributed by atoms with van der Waals surface area (Å²) >= 11 is 0. The van der Waals surface area contributed by atoms with Gasteiger partial charge in [0.25, 0.3) is 0 Å². The van der Waals surface area contributed by atoms with E-state index >= 15 is 0 Å². The monoisotopic (exact) mass is 257 g/mol. The summed E-state index contributed by atoms with van der Waals surface area (Å²) in [7, 11) is 1.57. The Bertz CT molecular complexity index is 599. The van der Waals surface area contributed by atoms with Crippen LogP contribution < -0.4 is 9.47 Å². The number of hydrogen-bond donors (Lipinski definition) is 0. The molecule has 0 atom stereocenters. The lowest BCUT2D eigenvalue weighted by atomic mass is 10.2. The fourth-order valence-electron chi connectivity index (χ4n) is 1.68. The normalized spacial score (nSPS) is 9.95. The van der Waals surface area contributed by atoms with Crippen molar-refractivity contribution in [1.29, 1.82) is 5.26 Å². The molecule has 1 aromatic heterocycles. The van der Waals surface area contributed by atoms with Crippen molar-refractivity contribution in [2.45, 2.75) is 19.9 Å². The van der Waals surface area contributed by atoms with E-state index in [1.807, 2.05) is 10.9 Å². The molecule has 0 saturated heterocycles. The number of nitrogens with zero attached hydrogens (tertiary/aromatic N) is 3. The van der Waals surface area contributed by atoms with Gasteiger partial charge in [0.1, 0.15) is 17.6 Å². The highest BCUT2D eigenvalue weighted by molar-refractivity contribution is 5.48. The molecule has 0 N–H and O–H groups in total. The van der Waals surface area contributed by atoms with Gasteiger partial charge >= 0.3 is 0 Å². The largest absolute Gasteiger partial charge is 0.497 e. The van der Waals surface area contributed by atoms with Crippen molar-refractivity contribution in [1.82, 2.24) is 9.78 Å². The lowest BCUT2D eigenvalue weighted by Gasteiger charge is -2.07. The summed E-state index contributed by atoms with van der Waals surface area (Å²) in [5.41, 5.74) is 0.462. The van der Waals surface area contributed by atoms with Crippen LogP contribution in [0.1, 0.15) is 18.9 Å². The van der Waals surface area contributed by atoms with Crippen molar-refractivity contribution in [3.05, 3.63) is 36.2 Å². The zero-order chi connectivity index (χ0) is 13.7. The first-order chi connectivity index (χ1) is 9.26. The van der Waals surface area contributed by atoms with E-state index < -0.39 is 0 Å². The summed E-state index contributed by atoms with van der Waals surface area (Å²) in [5, 5.41) is 13.2. The first-order valence-electron chi connectivity index (χ1n) is 6.05. The Morgan fingerprint density at radius 1 is 1.37 bits per heavy atom. The zero-order valence-corrected chi connectivity index (χ0v) is 11.0. The molecule has 0 saturated carbocycles. The molecule has 2 aromatic rings. The van der Waals surface area contributed by atoms with Crippen LogP contribution in [0, 0.1) is 11.3 Å². The van der Waals surface area contributed by atoms with Gasteiger partial charge in [-0.05, 0) is 18.6 Å². The van der Waals surface area contributed by atoms with E-state index in [1.165, 1.54) is 0 Å². The lowest BCUT2D eigenvalue weighted by molar-refractivity contribution is 0.408. The molecule has 1 heterocycles. The standard InChI is InChI=1S/C14H15N3O2/c1-3-6-17-10-13(9-16-17)19-14-7-12(18-2)5-4-11(14)8-15/h4-5,7,9-10H,3,6H2,1-2H3. The average Bonchev–Trinajstić information content (AvgIpc) is 2.86. The van der Waals surface area contributed by atoms with Gasteiger partial charge in [-0.2, -0.15) is 10.4 Å². The molecule has 1 aromatic carbocycles. The highest BCUT2D eigenvalue weighted by atomic mass is 16.5. The molecule has 0 radical (unpaired) electrons. The van der Waals surface area contributed by atoms with Crippen molar-refractivity contribution >= 4 is 0 Å². The van der Waals surface area contributed by atoms with Crippen molar-refractivity contribution in [3.63, 3.8) is 0 Å². The average molecular weight is 257 g/mol.